The fourth-order valence-corrected chi connectivity index (χ4v) is 1.89. The second kappa shape index (κ2) is 4.96. The molecule has 0 fully saturated rings. The van der Waals surface area contributed by atoms with Gasteiger partial charge in [0.05, 0.1) is 21.9 Å². The van der Waals surface area contributed by atoms with E-state index < -0.39 is 4.92 Å². The van der Waals surface area contributed by atoms with E-state index in [4.69, 9.17) is 10.9 Å². The van der Waals surface area contributed by atoms with Crippen LogP contribution in [-0.4, -0.2) is 30.7 Å². The molecular weight excluding hydrogens is 264 g/mol. The van der Waals surface area contributed by atoms with E-state index in [1.807, 2.05) is 0 Å². The highest BCUT2D eigenvalue weighted by Crippen LogP contribution is 2.20. The number of aryl methyl sites for hydroxylation is 2. The molecule has 2 aromatic heterocycles. The van der Waals surface area contributed by atoms with Gasteiger partial charge in [0.2, 0.25) is 0 Å². The Labute approximate surface area is 113 Å². The molecule has 9 nitrogen and oxygen atoms in total. The third-order valence-electron chi connectivity index (χ3n) is 2.70. The Morgan fingerprint density at radius 1 is 1.55 bits per heavy atom. The Kier molecular flexibility index (Phi) is 3.34. The zero-order chi connectivity index (χ0) is 14.9. The minimum absolute atomic E-state index is 0.136. The van der Waals surface area contributed by atoms with Crippen LogP contribution in [0.25, 0.3) is 5.69 Å². The van der Waals surface area contributed by atoms with Crippen LogP contribution in [0.5, 0.6) is 0 Å². The van der Waals surface area contributed by atoms with Crippen molar-refractivity contribution in [1.29, 1.82) is 0 Å². The van der Waals surface area contributed by atoms with Crippen LogP contribution in [0, 0.1) is 24.0 Å². The van der Waals surface area contributed by atoms with E-state index in [9.17, 15) is 10.1 Å². The summed E-state index contributed by atoms with van der Waals surface area (Å²) >= 11 is 0. The zero-order valence-corrected chi connectivity index (χ0v) is 10.8. The molecule has 2 heterocycles. The van der Waals surface area contributed by atoms with Gasteiger partial charge in [-0.25, -0.2) is 4.68 Å². The summed E-state index contributed by atoms with van der Waals surface area (Å²) in [6.45, 7) is 3.46. The number of nitrogens with zero attached hydrogens (tertiary/aromatic N) is 5. The van der Waals surface area contributed by atoms with E-state index in [1.165, 1.54) is 10.9 Å². The van der Waals surface area contributed by atoms with Crippen molar-refractivity contribution in [1.82, 2.24) is 14.8 Å². The number of rotatable bonds is 3. The van der Waals surface area contributed by atoms with Crippen molar-refractivity contribution in [3.8, 4) is 5.69 Å². The third-order valence-corrected chi connectivity index (χ3v) is 2.70. The minimum Gasteiger partial charge on any atom is -0.409 e. The second-order valence-electron chi connectivity index (χ2n) is 4.13. The van der Waals surface area contributed by atoms with E-state index in [2.05, 4.69) is 15.2 Å². The normalized spacial score (nSPS) is 11.6. The zero-order valence-electron chi connectivity index (χ0n) is 10.8. The van der Waals surface area contributed by atoms with Gasteiger partial charge in [-0.15, -0.1) is 0 Å². The Hall–Kier alpha value is -2.97. The maximum atomic E-state index is 10.7. The van der Waals surface area contributed by atoms with Gasteiger partial charge in [-0.3, -0.25) is 15.1 Å². The molecule has 0 saturated carbocycles. The van der Waals surface area contributed by atoms with Gasteiger partial charge in [0.15, 0.2) is 5.84 Å². The van der Waals surface area contributed by atoms with Crippen molar-refractivity contribution in [3.63, 3.8) is 0 Å². The molecule has 0 saturated heterocycles. The summed E-state index contributed by atoms with van der Waals surface area (Å²) in [4.78, 5) is 14.4. The number of oxime groups is 1. The lowest BCUT2D eigenvalue weighted by molar-refractivity contribution is -0.384. The first-order chi connectivity index (χ1) is 9.43. The van der Waals surface area contributed by atoms with Crippen molar-refractivity contribution < 1.29 is 10.1 Å². The highest BCUT2D eigenvalue weighted by atomic mass is 16.6. The van der Waals surface area contributed by atoms with Gasteiger partial charge in [0, 0.05) is 5.69 Å². The molecule has 104 valence electrons. The van der Waals surface area contributed by atoms with Crippen LogP contribution in [0.4, 0.5) is 5.69 Å². The molecule has 0 aliphatic heterocycles. The number of aromatic nitrogens is 3. The summed E-state index contributed by atoms with van der Waals surface area (Å²) in [5, 5.41) is 26.4. The van der Waals surface area contributed by atoms with Crippen LogP contribution < -0.4 is 5.73 Å². The lowest BCUT2D eigenvalue weighted by atomic mass is 10.1. The molecule has 0 bridgehead atoms. The molecule has 20 heavy (non-hydrogen) atoms. The van der Waals surface area contributed by atoms with E-state index in [-0.39, 0.29) is 11.5 Å². The quantitative estimate of drug-likeness (QED) is 0.281. The molecule has 3 N–H and O–H groups in total. The molecule has 0 aliphatic rings. The summed E-state index contributed by atoms with van der Waals surface area (Å²) in [5.74, 6) is -0.136. The maximum Gasteiger partial charge on any atom is 0.307 e. The largest absolute Gasteiger partial charge is 0.409 e. The molecule has 0 atom stereocenters. The van der Waals surface area contributed by atoms with Gasteiger partial charge < -0.3 is 10.9 Å². The van der Waals surface area contributed by atoms with Crippen LogP contribution in [-0.2, 0) is 0 Å². The molecule has 2 aromatic rings. The predicted octanol–water partition coefficient (Wildman–Crippen LogP) is 0.887. The Morgan fingerprint density at radius 2 is 2.25 bits per heavy atom. The lowest BCUT2D eigenvalue weighted by Gasteiger charge is -2.11. The van der Waals surface area contributed by atoms with E-state index >= 15 is 0 Å². The van der Waals surface area contributed by atoms with Crippen molar-refractivity contribution >= 4 is 11.5 Å². The molecule has 0 amide bonds. The van der Waals surface area contributed by atoms with Crippen LogP contribution in [0.15, 0.2) is 23.6 Å². The molecule has 0 spiro atoms. The Balaban J connectivity index is 2.68. The van der Waals surface area contributed by atoms with Gasteiger partial charge in [-0.1, -0.05) is 5.16 Å². The number of pyridine rings is 1. The first-order valence-electron chi connectivity index (χ1n) is 5.59. The first-order valence-corrected chi connectivity index (χ1v) is 5.59. The van der Waals surface area contributed by atoms with E-state index in [1.54, 1.807) is 19.9 Å². The van der Waals surface area contributed by atoms with E-state index in [0.717, 1.165) is 6.20 Å². The molecule has 0 aromatic carbocycles. The molecule has 0 aliphatic carbocycles. The Bertz CT molecular complexity index is 706. The standard InChI is InChI=1S/C11H12N6O3/c1-6-3-9(10(7(2)14-6)11(12)15-18)16-5-8(4-13-16)17(19)20/h3-5,18H,1-2H3,(H2,12,15). The number of hydrogen-bond donors (Lipinski definition) is 2. The summed E-state index contributed by atoms with van der Waals surface area (Å²) in [6.07, 6.45) is 2.38. The van der Waals surface area contributed by atoms with Crippen molar-refractivity contribution in [3.05, 3.63) is 45.5 Å². The van der Waals surface area contributed by atoms with Gasteiger partial charge in [0.1, 0.15) is 12.4 Å². The smallest absolute Gasteiger partial charge is 0.307 e. The molecule has 0 radical (unpaired) electrons. The number of amidine groups is 1. The molecular formula is C11H12N6O3. The summed E-state index contributed by atoms with van der Waals surface area (Å²) < 4.78 is 1.30. The first kappa shape index (κ1) is 13.5. The highest BCUT2D eigenvalue weighted by Gasteiger charge is 2.17. The Morgan fingerprint density at radius 3 is 2.80 bits per heavy atom. The summed E-state index contributed by atoms with van der Waals surface area (Å²) in [5.41, 5.74) is 7.53. The lowest BCUT2D eigenvalue weighted by Crippen LogP contribution is -2.19. The molecule has 2 rings (SSSR count). The molecule has 0 unspecified atom stereocenters. The highest BCUT2D eigenvalue weighted by molar-refractivity contribution is 6.01. The van der Waals surface area contributed by atoms with Crippen LogP contribution in [0.2, 0.25) is 0 Å². The SMILES string of the molecule is Cc1cc(-n2cc([N+](=O)[O-])cn2)c(/C(N)=N/O)c(C)n1. The fraction of sp³-hybridized carbons (Fsp3) is 0.182. The topological polar surface area (TPSA) is 132 Å². The van der Waals surface area contributed by atoms with Crippen molar-refractivity contribution in [2.45, 2.75) is 13.8 Å². The van der Waals surface area contributed by atoms with Gasteiger partial charge in [-0.05, 0) is 19.9 Å². The predicted molar refractivity (Wildman–Crippen MR) is 70.0 cm³/mol. The van der Waals surface area contributed by atoms with E-state index in [0.29, 0.717) is 22.6 Å². The monoisotopic (exact) mass is 276 g/mol. The second-order valence-corrected chi connectivity index (χ2v) is 4.13. The van der Waals surface area contributed by atoms with Crippen LogP contribution >= 0.6 is 0 Å². The summed E-state index contributed by atoms with van der Waals surface area (Å²) in [7, 11) is 0. The minimum atomic E-state index is -0.548. The average Bonchev–Trinajstić information content (AvgIpc) is 2.86. The maximum absolute atomic E-state index is 10.7. The van der Waals surface area contributed by atoms with Crippen LogP contribution in [0.1, 0.15) is 17.0 Å². The van der Waals surface area contributed by atoms with Gasteiger partial charge >= 0.3 is 5.69 Å². The van der Waals surface area contributed by atoms with Crippen molar-refractivity contribution in [2.24, 2.45) is 10.9 Å². The third kappa shape index (κ3) is 2.28. The van der Waals surface area contributed by atoms with Gasteiger partial charge in [0.25, 0.3) is 0 Å². The van der Waals surface area contributed by atoms with Crippen molar-refractivity contribution in [2.75, 3.05) is 0 Å². The van der Waals surface area contributed by atoms with Crippen LogP contribution in [0.3, 0.4) is 0 Å². The summed E-state index contributed by atoms with van der Waals surface area (Å²) in [6, 6.07) is 1.65. The van der Waals surface area contributed by atoms with Gasteiger partial charge in [-0.2, -0.15) is 5.10 Å². The fourth-order valence-electron chi connectivity index (χ4n) is 1.89. The number of hydrogen-bond acceptors (Lipinski definition) is 6. The molecule has 9 heteroatoms. The average molecular weight is 276 g/mol. The number of nitro groups is 1. The number of nitrogens with two attached hydrogens (primary N) is 1.